The van der Waals surface area contributed by atoms with Crippen molar-refractivity contribution < 1.29 is 33.3 Å². The van der Waals surface area contributed by atoms with Crippen LogP contribution in [0.4, 0.5) is 0 Å². The van der Waals surface area contributed by atoms with Crippen LogP contribution in [0.25, 0.3) is 10.4 Å². The van der Waals surface area contributed by atoms with E-state index >= 15 is 0 Å². The Labute approximate surface area is 289 Å². The number of nitrogens with zero attached hydrogens (tertiary/aromatic N) is 3. The van der Waals surface area contributed by atoms with Gasteiger partial charge in [-0.1, -0.05) is 133 Å². The predicted octanol–water partition coefficient (Wildman–Crippen LogP) is 7.50. The van der Waals surface area contributed by atoms with Crippen LogP contribution < -0.4 is 0 Å². The van der Waals surface area contributed by atoms with Gasteiger partial charge in [-0.3, -0.25) is 0 Å². The Morgan fingerprint density at radius 3 is 1.46 bits per heavy atom. The second-order valence-electron chi connectivity index (χ2n) is 11.5. The molecular formula is C40H35N3O7. The second-order valence-corrected chi connectivity index (χ2v) is 11.5. The summed E-state index contributed by atoms with van der Waals surface area (Å²) in [7, 11) is 1.39. The number of hydrogen-bond acceptors (Lipinski definition) is 8. The van der Waals surface area contributed by atoms with Crippen molar-refractivity contribution in [2.75, 3.05) is 13.7 Å². The molecule has 5 aromatic rings. The first-order chi connectivity index (χ1) is 24.5. The zero-order chi connectivity index (χ0) is 34.8. The number of carbonyl (C=O) groups excluding carboxylic acids is 2. The molecule has 0 aliphatic carbocycles. The number of hydrogen-bond donors (Lipinski definition) is 0. The molecule has 0 amide bonds. The molecule has 1 fully saturated rings. The van der Waals surface area contributed by atoms with E-state index in [1.54, 1.807) is 60.7 Å². The Balaban J connectivity index is 1.41. The maximum atomic E-state index is 13.5. The van der Waals surface area contributed by atoms with Gasteiger partial charge in [-0.05, 0) is 46.5 Å². The van der Waals surface area contributed by atoms with Crippen molar-refractivity contribution in [3.05, 3.63) is 190 Å². The summed E-state index contributed by atoms with van der Waals surface area (Å²) in [6.07, 6.45) is -4.88. The molecule has 0 radical (unpaired) electrons. The molecule has 0 spiro atoms. The van der Waals surface area contributed by atoms with E-state index in [0.717, 1.165) is 16.7 Å². The maximum absolute atomic E-state index is 13.5. The number of benzene rings is 5. The third-order valence-corrected chi connectivity index (χ3v) is 8.55. The highest BCUT2D eigenvalue weighted by Gasteiger charge is 2.51. The van der Waals surface area contributed by atoms with Crippen LogP contribution in [-0.4, -0.2) is 56.3 Å². The first-order valence-electron chi connectivity index (χ1n) is 16.1. The van der Waals surface area contributed by atoms with Crippen molar-refractivity contribution >= 4 is 11.9 Å². The third-order valence-electron chi connectivity index (χ3n) is 8.55. The Morgan fingerprint density at radius 2 is 1.06 bits per heavy atom. The lowest BCUT2D eigenvalue weighted by Crippen LogP contribution is -2.61. The molecule has 0 bridgehead atoms. The van der Waals surface area contributed by atoms with Gasteiger partial charge in [0, 0.05) is 12.0 Å². The molecule has 10 nitrogen and oxygen atoms in total. The summed E-state index contributed by atoms with van der Waals surface area (Å²) in [5.74, 6) is -1.41. The number of rotatable bonds is 12. The summed E-state index contributed by atoms with van der Waals surface area (Å²) < 4.78 is 31.1. The average Bonchev–Trinajstić information content (AvgIpc) is 3.18. The van der Waals surface area contributed by atoms with Crippen molar-refractivity contribution in [1.82, 2.24) is 0 Å². The molecule has 1 saturated heterocycles. The predicted molar refractivity (Wildman–Crippen MR) is 185 cm³/mol. The lowest BCUT2D eigenvalue weighted by Gasteiger charge is -2.44. The van der Waals surface area contributed by atoms with E-state index in [1.807, 2.05) is 91.0 Å². The second kappa shape index (κ2) is 16.1. The molecule has 5 aromatic carbocycles. The van der Waals surface area contributed by atoms with Gasteiger partial charge in [0.15, 0.2) is 18.5 Å². The van der Waals surface area contributed by atoms with Gasteiger partial charge in [0.25, 0.3) is 0 Å². The largest absolute Gasteiger partial charge is 0.454 e. The maximum Gasteiger partial charge on any atom is 0.338 e. The van der Waals surface area contributed by atoms with E-state index in [9.17, 15) is 15.1 Å². The van der Waals surface area contributed by atoms with Crippen LogP contribution in [0.3, 0.4) is 0 Å². The molecule has 1 aliphatic heterocycles. The van der Waals surface area contributed by atoms with Crippen LogP contribution in [0, 0.1) is 0 Å². The third kappa shape index (κ3) is 7.29. The molecule has 10 heteroatoms. The molecule has 1 aliphatic rings. The standard InChI is InChI=1S/C40H35N3O7/c1-46-39-36(50-38(45)29-19-9-3-10-20-29)35(49-37(44)28-17-7-2-8-18-28)34(42-43-41)33(48-39)27-47-40(30-21-11-4-12-22-30,31-23-13-5-14-24-31)32-25-15-6-16-26-32/h2-26,33-36,39H,27H2,1H3/t33-,34+,35+,36-,39+/m1/s1. The highest BCUT2D eigenvalue weighted by Crippen LogP contribution is 2.41. The van der Waals surface area contributed by atoms with Gasteiger partial charge >= 0.3 is 11.9 Å². The summed E-state index contributed by atoms with van der Waals surface area (Å²) >= 11 is 0. The minimum atomic E-state index is -1.32. The average molecular weight is 670 g/mol. The smallest absolute Gasteiger partial charge is 0.338 e. The molecule has 1 heterocycles. The molecule has 0 unspecified atom stereocenters. The van der Waals surface area contributed by atoms with Crippen molar-refractivity contribution in [1.29, 1.82) is 0 Å². The minimum Gasteiger partial charge on any atom is -0.454 e. The van der Waals surface area contributed by atoms with Gasteiger partial charge < -0.3 is 23.7 Å². The number of ether oxygens (including phenoxy) is 5. The molecule has 252 valence electrons. The summed E-state index contributed by atoms with van der Waals surface area (Å²) in [6.45, 7) is -0.152. The highest BCUT2D eigenvalue weighted by molar-refractivity contribution is 5.90. The van der Waals surface area contributed by atoms with E-state index in [-0.39, 0.29) is 17.7 Å². The van der Waals surface area contributed by atoms with Crippen LogP contribution in [0.5, 0.6) is 0 Å². The van der Waals surface area contributed by atoms with E-state index in [2.05, 4.69) is 10.0 Å². The first kappa shape index (κ1) is 34.1. The summed E-state index contributed by atoms with van der Waals surface area (Å²) in [6, 6.07) is 44.8. The van der Waals surface area contributed by atoms with E-state index in [0.29, 0.717) is 0 Å². The van der Waals surface area contributed by atoms with E-state index in [4.69, 9.17) is 23.7 Å². The fourth-order valence-corrected chi connectivity index (χ4v) is 6.19. The van der Waals surface area contributed by atoms with E-state index in [1.165, 1.54) is 7.11 Å². The van der Waals surface area contributed by atoms with Crippen LogP contribution in [-0.2, 0) is 29.3 Å². The lowest BCUT2D eigenvalue weighted by molar-refractivity contribution is -0.272. The van der Waals surface area contributed by atoms with Crippen LogP contribution in [0.1, 0.15) is 37.4 Å². The molecule has 0 N–H and O–H groups in total. The highest BCUT2D eigenvalue weighted by atomic mass is 16.7. The van der Waals surface area contributed by atoms with Gasteiger partial charge in [0.1, 0.15) is 11.6 Å². The number of esters is 2. The zero-order valence-corrected chi connectivity index (χ0v) is 27.2. The monoisotopic (exact) mass is 669 g/mol. The summed E-state index contributed by atoms with van der Waals surface area (Å²) in [4.78, 5) is 30.0. The molecule has 0 aromatic heterocycles. The van der Waals surface area contributed by atoms with Crippen LogP contribution in [0.15, 0.2) is 157 Å². The zero-order valence-electron chi connectivity index (χ0n) is 27.2. The number of azide groups is 1. The van der Waals surface area contributed by atoms with Gasteiger partial charge in [0.05, 0.1) is 23.8 Å². The molecule has 0 saturated carbocycles. The first-order valence-corrected chi connectivity index (χ1v) is 16.1. The Kier molecular flexibility index (Phi) is 11.0. The quantitative estimate of drug-likeness (QED) is 0.0442. The van der Waals surface area contributed by atoms with Gasteiger partial charge in [-0.2, -0.15) is 0 Å². The summed E-state index contributed by atoms with van der Waals surface area (Å²) in [5, 5.41) is 4.06. The van der Waals surface area contributed by atoms with E-state index < -0.39 is 48.2 Å². The minimum absolute atomic E-state index is 0.152. The Bertz CT molecular complexity index is 1790. The molecule has 6 rings (SSSR count). The van der Waals surface area contributed by atoms with Gasteiger partial charge in [0.2, 0.25) is 0 Å². The topological polar surface area (TPSA) is 129 Å². The Hall–Kier alpha value is -5.77. The lowest BCUT2D eigenvalue weighted by atomic mass is 9.80. The van der Waals surface area contributed by atoms with Crippen molar-refractivity contribution in [3.8, 4) is 0 Å². The van der Waals surface area contributed by atoms with Gasteiger partial charge in [-0.25, -0.2) is 9.59 Å². The summed E-state index contributed by atoms with van der Waals surface area (Å²) in [5.41, 5.74) is 11.7. The number of methoxy groups -OCH3 is 1. The van der Waals surface area contributed by atoms with Crippen molar-refractivity contribution in [2.45, 2.75) is 36.2 Å². The molecule has 50 heavy (non-hydrogen) atoms. The van der Waals surface area contributed by atoms with Gasteiger partial charge in [-0.15, -0.1) is 0 Å². The normalized spacial score (nSPS) is 20.2. The van der Waals surface area contributed by atoms with Crippen LogP contribution >= 0.6 is 0 Å². The number of carbonyl (C=O) groups is 2. The molecule has 5 atom stereocenters. The fourth-order valence-electron chi connectivity index (χ4n) is 6.19. The fraction of sp³-hybridized carbons (Fsp3) is 0.200. The van der Waals surface area contributed by atoms with Crippen molar-refractivity contribution in [3.63, 3.8) is 0 Å². The Morgan fingerprint density at radius 1 is 0.660 bits per heavy atom. The van der Waals surface area contributed by atoms with Crippen molar-refractivity contribution in [2.24, 2.45) is 5.11 Å². The SMILES string of the molecule is CO[C@H]1O[C@H](COC(c2ccccc2)(c2ccccc2)c2ccccc2)[C@H](N=[N+]=[N-])[C@H](OC(=O)c2ccccc2)[C@H]1OC(=O)c1ccccc1. The molecular weight excluding hydrogens is 634 g/mol. The van der Waals surface area contributed by atoms with Crippen LogP contribution in [0.2, 0.25) is 0 Å².